The van der Waals surface area contributed by atoms with E-state index in [0.717, 1.165) is 18.2 Å². The molecule has 0 saturated heterocycles. The van der Waals surface area contributed by atoms with Crippen molar-refractivity contribution in [2.75, 3.05) is 5.73 Å². The molecule has 0 fully saturated rings. The van der Waals surface area contributed by atoms with Gasteiger partial charge in [0.1, 0.15) is 22.3 Å². The van der Waals surface area contributed by atoms with Crippen LogP contribution >= 0.6 is 11.6 Å². The first-order valence-corrected chi connectivity index (χ1v) is 7.65. The van der Waals surface area contributed by atoms with E-state index in [1.807, 2.05) is 0 Å². The summed E-state index contributed by atoms with van der Waals surface area (Å²) in [6.07, 6.45) is 0. The Hall–Kier alpha value is -1.73. The smallest absolute Gasteiger partial charge is 0.188 e. The standard InChI is InChI=1S/C13H9ClF3NO2S/c14-10-3-8(15)2-1-7(10)6-21(19,20)13-11(16)4-9(18)5-12(13)17/h1-5H,6,18H2. The van der Waals surface area contributed by atoms with Gasteiger partial charge in [-0.15, -0.1) is 0 Å². The van der Waals surface area contributed by atoms with Crippen molar-refractivity contribution in [2.24, 2.45) is 0 Å². The summed E-state index contributed by atoms with van der Waals surface area (Å²) in [6.45, 7) is 0. The largest absolute Gasteiger partial charge is 0.399 e. The molecule has 0 radical (unpaired) electrons. The van der Waals surface area contributed by atoms with Crippen LogP contribution in [-0.2, 0) is 15.6 Å². The van der Waals surface area contributed by atoms with Gasteiger partial charge in [-0.05, 0) is 29.8 Å². The van der Waals surface area contributed by atoms with Crippen LogP contribution in [0.1, 0.15) is 5.56 Å². The lowest BCUT2D eigenvalue weighted by Crippen LogP contribution is -2.11. The lowest BCUT2D eigenvalue weighted by Gasteiger charge is -2.09. The number of benzene rings is 2. The summed E-state index contributed by atoms with van der Waals surface area (Å²) in [7, 11) is -4.34. The van der Waals surface area contributed by atoms with Crippen LogP contribution in [0.3, 0.4) is 0 Å². The van der Waals surface area contributed by atoms with Gasteiger partial charge in [0.2, 0.25) is 0 Å². The van der Waals surface area contributed by atoms with Crippen molar-refractivity contribution >= 4 is 27.1 Å². The van der Waals surface area contributed by atoms with E-state index in [1.165, 1.54) is 0 Å². The molecule has 2 rings (SSSR count). The Bertz CT molecular complexity index is 786. The van der Waals surface area contributed by atoms with Crippen molar-refractivity contribution in [3.63, 3.8) is 0 Å². The molecule has 0 spiro atoms. The van der Waals surface area contributed by atoms with Crippen molar-refractivity contribution in [1.82, 2.24) is 0 Å². The molecule has 21 heavy (non-hydrogen) atoms. The van der Waals surface area contributed by atoms with Gasteiger partial charge >= 0.3 is 0 Å². The number of nitrogens with two attached hydrogens (primary N) is 1. The number of anilines is 1. The Balaban J connectivity index is 2.48. The first-order valence-electron chi connectivity index (χ1n) is 5.62. The van der Waals surface area contributed by atoms with Gasteiger partial charge in [0.15, 0.2) is 9.84 Å². The van der Waals surface area contributed by atoms with Gasteiger partial charge in [-0.25, -0.2) is 21.6 Å². The molecule has 0 amide bonds. The highest BCUT2D eigenvalue weighted by atomic mass is 35.5. The fourth-order valence-electron chi connectivity index (χ4n) is 1.79. The van der Waals surface area contributed by atoms with Crippen LogP contribution in [0.25, 0.3) is 0 Å². The third-order valence-electron chi connectivity index (χ3n) is 2.69. The van der Waals surface area contributed by atoms with Crippen LogP contribution in [0.4, 0.5) is 18.9 Å². The molecule has 0 aromatic heterocycles. The summed E-state index contributed by atoms with van der Waals surface area (Å²) in [5, 5.41) is -0.144. The van der Waals surface area contributed by atoms with E-state index >= 15 is 0 Å². The van der Waals surface area contributed by atoms with E-state index in [2.05, 4.69) is 0 Å². The van der Waals surface area contributed by atoms with Gasteiger partial charge in [-0.2, -0.15) is 0 Å². The van der Waals surface area contributed by atoms with E-state index < -0.39 is 37.9 Å². The van der Waals surface area contributed by atoms with E-state index in [1.54, 1.807) is 0 Å². The molecule has 0 bridgehead atoms. The first kappa shape index (κ1) is 15.7. The van der Waals surface area contributed by atoms with Gasteiger partial charge in [0, 0.05) is 10.7 Å². The Kier molecular flexibility index (Phi) is 4.15. The van der Waals surface area contributed by atoms with Crippen LogP contribution in [0.5, 0.6) is 0 Å². The number of hydrogen-bond acceptors (Lipinski definition) is 3. The Morgan fingerprint density at radius 2 is 1.62 bits per heavy atom. The molecular formula is C13H9ClF3NO2S. The summed E-state index contributed by atoms with van der Waals surface area (Å²) < 4.78 is 64.5. The molecule has 2 N–H and O–H groups in total. The summed E-state index contributed by atoms with van der Waals surface area (Å²) >= 11 is 5.72. The van der Waals surface area contributed by atoms with Crippen molar-refractivity contribution in [1.29, 1.82) is 0 Å². The minimum Gasteiger partial charge on any atom is -0.399 e. The summed E-state index contributed by atoms with van der Waals surface area (Å²) in [5.74, 6) is -3.98. The average molecular weight is 336 g/mol. The highest BCUT2D eigenvalue weighted by Gasteiger charge is 2.26. The van der Waals surface area contributed by atoms with Gasteiger partial charge in [-0.3, -0.25) is 0 Å². The molecule has 0 aliphatic heterocycles. The molecule has 2 aromatic rings. The molecule has 0 aliphatic rings. The van der Waals surface area contributed by atoms with Crippen molar-refractivity contribution in [2.45, 2.75) is 10.6 Å². The van der Waals surface area contributed by atoms with Crippen LogP contribution in [0.15, 0.2) is 35.2 Å². The molecule has 2 aromatic carbocycles. The highest BCUT2D eigenvalue weighted by Crippen LogP contribution is 2.27. The fourth-order valence-corrected chi connectivity index (χ4v) is 3.62. The van der Waals surface area contributed by atoms with Gasteiger partial charge in [0.05, 0.1) is 5.75 Å². The van der Waals surface area contributed by atoms with E-state index in [0.29, 0.717) is 12.1 Å². The molecule has 0 heterocycles. The zero-order chi connectivity index (χ0) is 15.8. The van der Waals surface area contributed by atoms with E-state index in [4.69, 9.17) is 17.3 Å². The maximum absolute atomic E-state index is 13.7. The number of halogens is 4. The molecule has 8 heteroatoms. The zero-order valence-corrected chi connectivity index (χ0v) is 12.0. The molecule has 112 valence electrons. The van der Waals surface area contributed by atoms with E-state index in [-0.39, 0.29) is 16.3 Å². The Morgan fingerprint density at radius 3 is 2.14 bits per heavy atom. The second-order valence-corrected chi connectivity index (χ2v) is 6.64. The molecule has 0 aliphatic carbocycles. The maximum Gasteiger partial charge on any atom is 0.188 e. The van der Waals surface area contributed by atoms with Crippen LogP contribution < -0.4 is 5.73 Å². The Labute approximate surface area is 124 Å². The predicted molar refractivity (Wildman–Crippen MR) is 73.1 cm³/mol. The second-order valence-electron chi connectivity index (χ2n) is 4.31. The minimum absolute atomic E-state index is 0.0358. The van der Waals surface area contributed by atoms with Gasteiger partial charge in [0.25, 0.3) is 0 Å². The van der Waals surface area contributed by atoms with Crippen molar-refractivity contribution < 1.29 is 21.6 Å². The van der Waals surface area contributed by atoms with Gasteiger partial charge < -0.3 is 5.73 Å². The number of sulfone groups is 1. The monoisotopic (exact) mass is 335 g/mol. The first-order chi connectivity index (χ1) is 9.70. The minimum atomic E-state index is -4.34. The number of nitrogen functional groups attached to an aromatic ring is 1. The quantitative estimate of drug-likeness (QED) is 0.875. The molecular weight excluding hydrogens is 327 g/mol. The normalized spacial score (nSPS) is 11.6. The summed E-state index contributed by atoms with van der Waals surface area (Å²) in [4.78, 5) is -1.09. The molecule has 0 unspecified atom stereocenters. The zero-order valence-electron chi connectivity index (χ0n) is 10.4. The molecule has 0 atom stereocenters. The van der Waals surface area contributed by atoms with E-state index in [9.17, 15) is 21.6 Å². The topological polar surface area (TPSA) is 60.2 Å². The third-order valence-corrected chi connectivity index (χ3v) is 4.75. The average Bonchev–Trinajstić information content (AvgIpc) is 2.30. The SMILES string of the molecule is Nc1cc(F)c(S(=O)(=O)Cc2ccc(F)cc2Cl)c(F)c1. The number of rotatable bonds is 3. The van der Waals surface area contributed by atoms with Crippen molar-refractivity contribution in [3.8, 4) is 0 Å². The highest BCUT2D eigenvalue weighted by molar-refractivity contribution is 7.90. The van der Waals surface area contributed by atoms with Gasteiger partial charge in [-0.1, -0.05) is 17.7 Å². The van der Waals surface area contributed by atoms with Crippen molar-refractivity contribution in [3.05, 3.63) is 58.4 Å². The lowest BCUT2D eigenvalue weighted by molar-refractivity contribution is 0.520. The lowest BCUT2D eigenvalue weighted by atomic mass is 10.2. The second kappa shape index (κ2) is 5.57. The fraction of sp³-hybridized carbons (Fsp3) is 0.0769. The summed E-state index contributed by atoms with van der Waals surface area (Å²) in [5.41, 5.74) is 5.03. The van der Waals surface area contributed by atoms with Crippen LogP contribution in [0.2, 0.25) is 5.02 Å². The molecule has 3 nitrogen and oxygen atoms in total. The maximum atomic E-state index is 13.7. The Morgan fingerprint density at radius 1 is 1.05 bits per heavy atom. The summed E-state index contributed by atoms with van der Waals surface area (Å²) in [6, 6.07) is 4.49. The predicted octanol–water partition coefficient (Wildman–Crippen LogP) is 3.31. The molecule has 0 saturated carbocycles. The van der Waals surface area contributed by atoms with Crippen LogP contribution in [0, 0.1) is 17.5 Å². The third kappa shape index (κ3) is 3.30. The van der Waals surface area contributed by atoms with Crippen LogP contribution in [-0.4, -0.2) is 8.42 Å². The number of hydrogen-bond donors (Lipinski definition) is 1.